The van der Waals surface area contributed by atoms with Gasteiger partial charge in [-0.1, -0.05) is 13.8 Å². The lowest BCUT2D eigenvalue weighted by atomic mass is 10.2. The third-order valence-electron chi connectivity index (χ3n) is 3.69. The van der Waals surface area contributed by atoms with Crippen molar-refractivity contribution in [2.24, 2.45) is 5.92 Å². The highest BCUT2D eigenvalue weighted by molar-refractivity contribution is 8.15. The van der Waals surface area contributed by atoms with E-state index in [1.807, 2.05) is 0 Å². The van der Waals surface area contributed by atoms with Crippen LogP contribution in [0.25, 0.3) is 0 Å². The summed E-state index contributed by atoms with van der Waals surface area (Å²) in [4.78, 5) is 59.0. The minimum atomic E-state index is -1.32. The molecule has 0 aromatic carbocycles. The van der Waals surface area contributed by atoms with E-state index in [1.54, 1.807) is 13.8 Å². The maximum Gasteiger partial charge on any atom is 0.519 e. The molecule has 0 saturated carbocycles. The van der Waals surface area contributed by atoms with Crippen LogP contribution in [0.5, 0.6) is 0 Å². The highest BCUT2D eigenvalue weighted by atomic mass is 32.2. The molecule has 1 N–H and O–H groups in total. The molecule has 1 heterocycles. The van der Waals surface area contributed by atoms with Gasteiger partial charge in [-0.25, -0.2) is 14.4 Å². The number of carbonyl (C=O) groups is 4. The largest absolute Gasteiger partial charge is 0.519 e. The number of carbonyl (C=O) groups excluding carboxylic acids is 4. The first-order valence-electron chi connectivity index (χ1n) is 9.07. The molecule has 31 heavy (non-hydrogen) atoms. The second-order valence-corrected chi connectivity index (χ2v) is 8.92. The third-order valence-corrected chi connectivity index (χ3v) is 5.03. The molecular formula is C18H25NO10S2. The summed E-state index contributed by atoms with van der Waals surface area (Å²) in [7, 11) is 0. The summed E-state index contributed by atoms with van der Waals surface area (Å²) in [6, 6.07) is -1.13. The van der Waals surface area contributed by atoms with E-state index in [4.69, 9.17) is 18.6 Å². The Kier molecular flexibility index (Phi) is 10.2. The number of rotatable bonds is 10. The van der Waals surface area contributed by atoms with Gasteiger partial charge in [0, 0.05) is 5.75 Å². The number of aryl methyl sites for hydroxylation is 1. The molecule has 0 spiro atoms. The Balaban J connectivity index is 2.56. The van der Waals surface area contributed by atoms with E-state index in [0.29, 0.717) is 11.8 Å². The van der Waals surface area contributed by atoms with Crippen molar-refractivity contribution in [3.05, 3.63) is 22.1 Å². The van der Waals surface area contributed by atoms with Crippen LogP contribution in [-0.2, 0) is 35.2 Å². The quantitative estimate of drug-likeness (QED) is 0.287. The molecule has 0 radical (unpaired) electrons. The zero-order valence-electron chi connectivity index (χ0n) is 17.7. The zero-order chi connectivity index (χ0) is 23.8. The fourth-order valence-corrected chi connectivity index (χ4v) is 2.76. The van der Waals surface area contributed by atoms with E-state index >= 15 is 0 Å². The summed E-state index contributed by atoms with van der Waals surface area (Å²) < 4.78 is 22.6. The predicted octanol–water partition coefficient (Wildman–Crippen LogP) is 1.80. The number of hydrogen-bond acceptors (Lipinski definition) is 12. The lowest BCUT2D eigenvalue weighted by molar-refractivity contribution is -0.155. The maximum absolute atomic E-state index is 12.5. The molecule has 0 saturated heterocycles. The molecule has 1 aromatic rings. The molecule has 1 atom stereocenters. The minimum Gasteiger partial charge on any atom is -0.456 e. The van der Waals surface area contributed by atoms with Crippen LogP contribution in [0.2, 0.25) is 0 Å². The van der Waals surface area contributed by atoms with Crippen molar-refractivity contribution >= 4 is 47.5 Å². The Morgan fingerprint density at radius 2 is 1.74 bits per heavy atom. The lowest BCUT2D eigenvalue weighted by Gasteiger charge is -2.24. The smallest absolute Gasteiger partial charge is 0.456 e. The van der Waals surface area contributed by atoms with E-state index in [0.717, 1.165) is 0 Å². The normalized spacial score (nSPS) is 12.2. The van der Waals surface area contributed by atoms with Gasteiger partial charge in [0.05, 0.1) is 10.7 Å². The van der Waals surface area contributed by atoms with Crippen molar-refractivity contribution in [1.82, 2.24) is 5.32 Å². The summed E-state index contributed by atoms with van der Waals surface area (Å²) in [5.74, 6) is -3.19. The molecule has 1 rings (SSSR count). The number of thioether (sulfide) groups is 1. The van der Waals surface area contributed by atoms with Gasteiger partial charge in [-0.05, 0) is 32.5 Å². The highest BCUT2D eigenvalue weighted by Gasteiger charge is 2.35. The SMILES string of the molecule is Cc1oc(=O)oc1COC(=O)[C@H](CS)NC(=O)C(C)(C)SC(=O)OCOC(=O)C(C)C. The van der Waals surface area contributed by atoms with Crippen molar-refractivity contribution in [3.8, 4) is 0 Å². The number of nitrogens with one attached hydrogen (secondary N) is 1. The number of esters is 2. The van der Waals surface area contributed by atoms with Crippen LogP contribution in [-0.4, -0.2) is 46.5 Å². The van der Waals surface area contributed by atoms with Gasteiger partial charge in [-0.2, -0.15) is 12.6 Å². The molecule has 1 aromatic heterocycles. The van der Waals surface area contributed by atoms with E-state index in [-0.39, 0.29) is 29.8 Å². The second kappa shape index (κ2) is 11.8. The van der Waals surface area contributed by atoms with Crippen molar-refractivity contribution in [1.29, 1.82) is 0 Å². The predicted molar refractivity (Wildman–Crippen MR) is 112 cm³/mol. The van der Waals surface area contributed by atoms with E-state index in [1.165, 1.54) is 20.8 Å². The number of hydrogen-bond donors (Lipinski definition) is 2. The van der Waals surface area contributed by atoms with Gasteiger partial charge in [0.2, 0.25) is 12.7 Å². The Hall–Kier alpha value is -2.41. The Bertz CT molecular complexity index is 858. The van der Waals surface area contributed by atoms with Gasteiger partial charge in [0.25, 0.3) is 0 Å². The maximum atomic E-state index is 12.5. The van der Waals surface area contributed by atoms with Crippen LogP contribution in [0.1, 0.15) is 39.2 Å². The van der Waals surface area contributed by atoms with E-state index < -0.39 is 46.6 Å². The van der Waals surface area contributed by atoms with E-state index in [2.05, 4.69) is 22.4 Å². The molecule has 0 bridgehead atoms. The fourth-order valence-electron chi connectivity index (χ4n) is 1.84. The number of ether oxygens (including phenoxy) is 3. The van der Waals surface area contributed by atoms with Crippen molar-refractivity contribution in [2.75, 3.05) is 12.5 Å². The summed E-state index contributed by atoms with van der Waals surface area (Å²) in [6.45, 7) is 6.67. The van der Waals surface area contributed by atoms with Crippen molar-refractivity contribution < 1.29 is 42.2 Å². The Labute approximate surface area is 187 Å². The summed E-state index contributed by atoms with van der Waals surface area (Å²) in [5.41, 5.74) is 0. The molecule has 11 nitrogen and oxygen atoms in total. The monoisotopic (exact) mass is 479 g/mol. The molecular weight excluding hydrogens is 454 g/mol. The summed E-state index contributed by atoms with van der Waals surface area (Å²) in [6.07, 6.45) is 0. The van der Waals surface area contributed by atoms with Gasteiger partial charge >= 0.3 is 23.1 Å². The second-order valence-electron chi connectivity index (χ2n) is 6.99. The van der Waals surface area contributed by atoms with Crippen LogP contribution in [0.3, 0.4) is 0 Å². The summed E-state index contributed by atoms with van der Waals surface area (Å²) >= 11 is 4.57. The minimum absolute atomic E-state index is 0.0411. The zero-order valence-corrected chi connectivity index (χ0v) is 19.4. The topological polar surface area (TPSA) is 151 Å². The first kappa shape index (κ1) is 26.6. The van der Waals surface area contributed by atoms with Gasteiger partial charge in [-0.15, -0.1) is 0 Å². The first-order chi connectivity index (χ1) is 14.4. The third kappa shape index (κ3) is 8.69. The average molecular weight is 480 g/mol. The highest BCUT2D eigenvalue weighted by Crippen LogP contribution is 2.27. The van der Waals surface area contributed by atoms with Crippen LogP contribution >= 0.6 is 24.4 Å². The number of thiol groups is 1. The van der Waals surface area contributed by atoms with Gasteiger partial charge in [0.1, 0.15) is 6.04 Å². The molecule has 1 amide bonds. The van der Waals surface area contributed by atoms with Crippen molar-refractivity contribution in [3.63, 3.8) is 0 Å². The fraction of sp³-hybridized carbons (Fsp3) is 0.611. The lowest BCUT2D eigenvalue weighted by Crippen LogP contribution is -2.50. The van der Waals surface area contributed by atoms with Crippen LogP contribution in [0.4, 0.5) is 4.79 Å². The van der Waals surface area contributed by atoms with Gasteiger partial charge in [-0.3, -0.25) is 9.59 Å². The Morgan fingerprint density at radius 3 is 2.26 bits per heavy atom. The molecule has 0 unspecified atom stereocenters. The summed E-state index contributed by atoms with van der Waals surface area (Å²) in [5, 5.41) is 1.60. The molecule has 0 aliphatic heterocycles. The first-order valence-corrected chi connectivity index (χ1v) is 10.5. The van der Waals surface area contributed by atoms with Crippen LogP contribution in [0.15, 0.2) is 13.6 Å². The molecule has 0 aliphatic rings. The van der Waals surface area contributed by atoms with Gasteiger partial charge < -0.3 is 28.4 Å². The van der Waals surface area contributed by atoms with E-state index in [9.17, 15) is 24.0 Å². The number of amides is 1. The van der Waals surface area contributed by atoms with Gasteiger partial charge in [0.15, 0.2) is 18.1 Å². The average Bonchev–Trinajstić information content (AvgIpc) is 3.00. The van der Waals surface area contributed by atoms with Crippen LogP contribution < -0.4 is 11.1 Å². The molecule has 13 heteroatoms. The molecule has 174 valence electrons. The molecule has 0 fully saturated rings. The molecule has 0 aliphatic carbocycles. The Morgan fingerprint density at radius 1 is 1.10 bits per heavy atom. The standard InChI is InChI=1S/C18H25NO10S2/c1-9(2)13(20)26-8-27-17(24)31-18(4,5)15(22)19-11(7-30)14(21)25-6-12-10(3)28-16(23)29-12/h9,11,30H,6-8H2,1-5H3,(H,19,22)/t11-/m0/s1. The van der Waals surface area contributed by atoms with Crippen LogP contribution in [0, 0.1) is 12.8 Å². The van der Waals surface area contributed by atoms with Crippen molar-refractivity contribution in [2.45, 2.75) is 52.0 Å².